The lowest BCUT2D eigenvalue weighted by atomic mass is 9.94. The van der Waals surface area contributed by atoms with Crippen molar-refractivity contribution in [2.45, 2.75) is 50.8 Å². The highest BCUT2D eigenvalue weighted by Crippen LogP contribution is 2.50. The first-order valence-corrected chi connectivity index (χ1v) is 14.1. The molecule has 1 saturated carbocycles. The van der Waals surface area contributed by atoms with Crippen molar-refractivity contribution in [1.29, 1.82) is 0 Å². The second-order valence-electron chi connectivity index (χ2n) is 10.1. The Morgan fingerprint density at radius 3 is 2.78 bits per heavy atom. The molecule has 1 fully saturated rings. The van der Waals surface area contributed by atoms with E-state index < -0.39 is 15.9 Å². The Morgan fingerprint density at radius 1 is 1.17 bits per heavy atom. The topological polar surface area (TPSA) is 99.5 Å². The maximum atomic E-state index is 12.9. The van der Waals surface area contributed by atoms with Gasteiger partial charge in [-0.2, -0.15) is 13.5 Å². The lowest BCUT2D eigenvalue weighted by Gasteiger charge is -2.22. The van der Waals surface area contributed by atoms with E-state index in [4.69, 9.17) is 9.47 Å². The van der Waals surface area contributed by atoms with Crippen molar-refractivity contribution >= 4 is 30.5 Å². The molecule has 1 aromatic heterocycles. The van der Waals surface area contributed by atoms with Crippen molar-refractivity contribution < 1.29 is 22.7 Å². The summed E-state index contributed by atoms with van der Waals surface area (Å²) in [7, 11) is -1.43. The molecule has 1 aliphatic carbocycles. The molecule has 0 saturated heterocycles. The Balaban J connectivity index is 1.18. The highest BCUT2D eigenvalue weighted by molar-refractivity contribution is 7.90. The Morgan fingerprint density at radius 2 is 2.00 bits per heavy atom. The molecule has 10 heteroatoms. The average Bonchev–Trinajstić information content (AvgIpc) is 3.44. The number of sulfonamides is 1. The quantitative estimate of drug-likeness (QED) is 0.515. The van der Waals surface area contributed by atoms with Crippen LogP contribution in [0.2, 0.25) is 0 Å². The first kappa shape index (κ1) is 23.6. The van der Waals surface area contributed by atoms with Crippen molar-refractivity contribution in [2.75, 3.05) is 13.2 Å². The number of hydrogen-bond acceptors (Lipinski definition) is 6. The van der Waals surface area contributed by atoms with Gasteiger partial charge in [0.2, 0.25) is 16.8 Å². The predicted octanol–water partition coefficient (Wildman–Crippen LogP) is 2.65. The predicted molar refractivity (Wildman–Crippen MR) is 138 cm³/mol. The third-order valence-electron chi connectivity index (χ3n) is 7.37. The summed E-state index contributed by atoms with van der Waals surface area (Å²) < 4.78 is 40.8. The van der Waals surface area contributed by atoms with Gasteiger partial charge in [0.15, 0.2) is 0 Å². The fourth-order valence-electron chi connectivity index (χ4n) is 5.01. The number of aryl methyl sites for hydroxylation is 1. The van der Waals surface area contributed by atoms with E-state index in [2.05, 4.69) is 37.3 Å². The number of nitrogens with one attached hydrogen (secondary N) is 1. The number of aromatic nitrogens is 2. The molecule has 1 unspecified atom stereocenters. The maximum absolute atomic E-state index is 12.9. The molecule has 1 spiro atoms. The Bertz CT molecular complexity index is 1470. The molecule has 3 aromatic rings. The van der Waals surface area contributed by atoms with Gasteiger partial charge in [-0.25, -0.2) is 9.40 Å². The minimum Gasteiger partial charge on any atom is -0.477 e. The van der Waals surface area contributed by atoms with Crippen LogP contribution in [-0.4, -0.2) is 37.3 Å². The van der Waals surface area contributed by atoms with Crippen molar-refractivity contribution in [3.63, 3.8) is 0 Å². The van der Waals surface area contributed by atoms with Crippen LogP contribution in [0.25, 0.3) is 11.1 Å². The number of hydrogen-bond donors (Lipinski definition) is 1. The number of ether oxygens (including phenoxy) is 2. The molecular weight excluding hydrogens is 497 g/mol. The molecule has 1 atom stereocenters. The Labute approximate surface area is 212 Å². The zero-order chi connectivity index (χ0) is 25.1. The number of nitrogens with zero attached hydrogens (tertiary/aromatic N) is 2. The molecule has 6 rings (SSSR count). The summed E-state index contributed by atoms with van der Waals surface area (Å²) in [6, 6.07) is 11.8. The largest absolute Gasteiger partial charge is 0.477 e. The Kier molecular flexibility index (Phi) is 5.70. The SMILES string of the molecule is Cc1cc(-c2ccc3c(c2)COCC3)cc(P)c1CC(=O)NS(=O)(=O)c1cc2n(n1)CC1(CC1)CO2. The number of amides is 1. The van der Waals surface area contributed by atoms with E-state index in [1.54, 1.807) is 4.68 Å². The third-order valence-corrected chi connectivity index (χ3v) is 9.13. The minimum atomic E-state index is -4.11. The number of benzene rings is 2. The number of rotatable bonds is 5. The Hall–Kier alpha value is -2.74. The van der Waals surface area contributed by atoms with Crippen LogP contribution in [0.15, 0.2) is 41.4 Å². The fourth-order valence-corrected chi connectivity index (χ4v) is 6.45. The molecule has 3 heterocycles. The van der Waals surface area contributed by atoms with Crippen LogP contribution in [0.4, 0.5) is 0 Å². The second kappa shape index (κ2) is 8.68. The number of carbonyl (C=O) groups is 1. The van der Waals surface area contributed by atoms with Crippen molar-refractivity contribution in [2.24, 2.45) is 5.41 Å². The average molecular weight is 526 g/mol. The van der Waals surface area contributed by atoms with E-state index in [0.29, 0.717) is 25.6 Å². The summed E-state index contributed by atoms with van der Waals surface area (Å²) in [4.78, 5) is 12.8. The van der Waals surface area contributed by atoms with E-state index in [0.717, 1.165) is 53.4 Å². The van der Waals surface area contributed by atoms with E-state index in [1.165, 1.54) is 17.2 Å². The zero-order valence-electron chi connectivity index (χ0n) is 20.0. The highest BCUT2D eigenvalue weighted by atomic mass is 32.2. The van der Waals surface area contributed by atoms with Crippen LogP contribution in [0, 0.1) is 12.3 Å². The first-order valence-electron chi connectivity index (χ1n) is 12.1. The van der Waals surface area contributed by atoms with Gasteiger partial charge in [0.05, 0.1) is 32.8 Å². The van der Waals surface area contributed by atoms with E-state index in [-0.39, 0.29) is 16.9 Å². The van der Waals surface area contributed by atoms with E-state index in [9.17, 15) is 13.2 Å². The van der Waals surface area contributed by atoms with Gasteiger partial charge in [-0.1, -0.05) is 18.2 Å². The molecule has 8 nitrogen and oxygen atoms in total. The van der Waals surface area contributed by atoms with Crippen LogP contribution >= 0.6 is 9.24 Å². The maximum Gasteiger partial charge on any atom is 0.283 e. The smallest absolute Gasteiger partial charge is 0.283 e. The summed E-state index contributed by atoms with van der Waals surface area (Å²) in [6.45, 7) is 4.53. The van der Waals surface area contributed by atoms with Crippen LogP contribution in [0.5, 0.6) is 5.88 Å². The van der Waals surface area contributed by atoms with E-state index in [1.807, 2.05) is 19.1 Å². The molecule has 1 amide bonds. The van der Waals surface area contributed by atoms with Crippen LogP contribution in [0.3, 0.4) is 0 Å². The number of fused-ring (bicyclic) bond motifs is 2. The molecule has 0 radical (unpaired) electrons. The highest BCUT2D eigenvalue weighted by Gasteiger charge is 2.47. The van der Waals surface area contributed by atoms with Crippen molar-refractivity contribution in [3.05, 3.63) is 58.7 Å². The second-order valence-corrected chi connectivity index (χ2v) is 12.4. The number of carbonyl (C=O) groups excluding carboxylic acids is 1. The van der Waals surface area contributed by atoms with Crippen LogP contribution in [-0.2, 0) is 45.5 Å². The summed E-state index contributed by atoms with van der Waals surface area (Å²) in [6.07, 6.45) is 2.98. The molecule has 2 aliphatic heterocycles. The van der Waals surface area contributed by atoms with Crippen LogP contribution < -0.4 is 14.8 Å². The molecule has 0 bridgehead atoms. The fraction of sp³-hybridized carbons (Fsp3) is 0.385. The molecule has 3 aliphatic rings. The normalized spacial score (nSPS) is 17.7. The standard InChI is InChI=1S/C26H28N3O5PS/c1-16-8-19(18-3-2-17-4-7-33-13-20(17)9-18)10-22(35)21(16)11-23(30)28-36(31,32)24-12-25-29(27-24)14-26(5-6-26)15-34-25/h2-3,8-10,12H,4-7,11,13-15,35H2,1H3,(H,28,30). The zero-order valence-corrected chi connectivity index (χ0v) is 22.0. The van der Waals surface area contributed by atoms with Gasteiger partial charge in [-0.3, -0.25) is 4.79 Å². The lowest BCUT2D eigenvalue weighted by molar-refractivity contribution is -0.118. The van der Waals surface area contributed by atoms with Gasteiger partial charge in [-0.15, -0.1) is 9.24 Å². The van der Waals surface area contributed by atoms with E-state index >= 15 is 0 Å². The van der Waals surface area contributed by atoms with Gasteiger partial charge in [0.1, 0.15) is 0 Å². The molecular formula is C26H28N3O5PS. The molecule has 2 aromatic carbocycles. The summed E-state index contributed by atoms with van der Waals surface area (Å²) in [5.41, 5.74) is 6.44. The monoisotopic (exact) mass is 525 g/mol. The van der Waals surface area contributed by atoms with Gasteiger partial charge < -0.3 is 9.47 Å². The van der Waals surface area contributed by atoms with Gasteiger partial charge in [-0.05, 0) is 77.0 Å². The van der Waals surface area contributed by atoms with Gasteiger partial charge >= 0.3 is 0 Å². The van der Waals surface area contributed by atoms with Gasteiger partial charge in [0, 0.05) is 11.5 Å². The summed E-state index contributed by atoms with van der Waals surface area (Å²) >= 11 is 0. The van der Waals surface area contributed by atoms with Gasteiger partial charge in [0.25, 0.3) is 10.0 Å². The van der Waals surface area contributed by atoms with Crippen LogP contribution in [0.1, 0.15) is 35.1 Å². The molecule has 188 valence electrons. The third kappa shape index (κ3) is 4.44. The summed E-state index contributed by atoms with van der Waals surface area (Å²) in [5.74, 6) is -0.182. The molecule has 36 heavy (non-hydrogen) atoms. The first-order chi connectivity index (χ1) is 17.2. The molecule has 1 N–H and O–H groups in total. The minimum absolute atomic E-state index is 0.0601. The summed E-state index contributed by atoms with van der Waals surface area (Å²) in [5, 5.41) is 4.86. The van der Waals surface area contributed by atoms with Crippen molar-refractivity contribution in [3.8, 4) is 17.0 Å². The van der Waals surface area contributed by atoms with Crippen molar-refractivity contribution in [1.82, 2.24) is 14.5 Å². The lowest BCUT2D eigenvalue weighted by Crippen LogP contribution is -2.33.